The van der Waals surface area contributed by atoms with Crippen LogP contribution in [0.1, 0.15) is 25.0 Å². The van der Waals surface area contributed by atoms with Gasteiger partial charge in [0.15, 0.2) is 5.43 Å². The Morgan fingerprint density at radius 3 is 2.65 bits per heavy atom. The van der Waals surface area contributed by atoms with Gasteiger partial charge in [0.1, 0.15) is 17.4 Å². The normalized spacial score (nSPS) is 11.8. The molecule has 0 radical (unpaired) electrons. The smallest absolute Gasteiger partial charge is 0.328 e. The fraction of sp³-hybridized carbons (Fsp3) is 0.235. The first kappa shape index (κ1) is 16.5. The van der Waals surface area contributed by atoms with Crippen molar-refractivity contribution in [3.05, 3.63) is 51.9 Å². The number of carboxylic acid groups (broad SMARTS) is 1. The highest BCUT2D eigenvalue weighted by atomic mass is 16.4. The summed E-state index contributed by atoms with van der Waals surface area (Å²) < 4.78 is 5.37. The maximum Gasteiger partial charge on any atom is 0.328 e. The first-order valence-electron chi connectivity index (χ1n) is 6.96. The molecule has 0 bridgehead atoms. The van der Waals surface area contributed by atoms with Crippen LogP contribution in [0.4, 0.5) is 0 Å². The molecule has 0 unspecified atom stereocenters. The molecule has 0 saturated carbocycles. The molecule has 1 aromatic heterocycles. The minimum Gasteiger partial charge on any atom is -0.480 e. The van der Waals surface area contributed by atoms with Crippen LogP contribution in [0.15, 0.2) is 39.7 Å². The molecular weight excluding hydrogens is 298 g/mol. The van der Waals surface area contributed by atoms with Crippen molar-refractivity contribution in [3.8, 4) is 0 Å². The second-order valence-corrected chi connectivity index (χ2v) is 5.77. The van der Waals surface area contributed by atoms with Crippen molar-refractivity contribution in [2.75, 3.05) is 0 Å². The Labute approximate surface area is 132 Å². The molecule has 2 aromatic rings. The number of benzene rings is 1. The van der Waals surface area contributed by atoms with Crippen molar-refractivity contribution in [2.45, 2.75) is 26.3 Å². The van der Waals surface area contributed by atoms with E-state index in [-0.39, 0.29) is 11.0 Å². The quantitative estimate of drug-likeness (QED) is 0.842. The molecule has 0 aliphatic heterocycles. The van der Waals surface area contributed by atoms with E-state index in [9.17, 15) is 14.4 Å². The summed E-state index contributed by atoms with van der Waals surface area (Å²) in [5.74, 6) is -1.76. The van der Waals surface area contributed by atoms with E-state index in [0.717, 1.165) is 11.6 Å². The molecule has 120 valence electrons. The number of amides is 1. The van der Waals surface area contributed by atoms with E-state index in [1.807, 2.05) is 13.0 Å². The Balaban J connectivity index is 2.28. The topological polar surface area (TPSA) is 96.6 Å². The van der Waals surface area contributed by atoms with E-state index >= 15 is 0 Å². The van der Waals surface area contributed by atoms with Crippen LogP contribution in [0.5, 0.6) is 0 Å². The number of aryl methyl sites for hydroxylation is 1. The van der Waals surface area contributed by atoms with Crippen molar-refractivity contribution >= 4 is 28.9 Å². The largest absolute Gasteiger partial charge is 0.480 e. The summed E-state index contributed by atoms with van der Waals surface area (Å²) in [6, 6.07) is 5.26. The maximum atomic E-state index is 12.3. The van der Waals surface area contributed by atoms with Crippen LogP contribution in [-0.2, 0) is 9.59 Å². The van der Waals surface area contributed by atoms with Gasteiger partial charge in [-0.2, -0.15) is 0 Å². The van der Waals surface area contributed by atoms with Gasteiger partial charge in [0.2, 0.25) is 5.91 Å². The summed E-state index contributed by atoms with van der Waals surface area (Å²) >= 11 is 0. The SMILES string of the molecule is Cc1ccc2occ(/C=C/C(=O)NC(C)(C)C(=O)O)c(=O)c2c1. The van der Waals surface area contributed by atoms with Gasteiger partial charge in [-0.1, -0.05) is 11.6 Å². The Morgan fingerprint density at radius 2 is 2.00 bits per heavy atom. The van der Waals surface area contributed by atoms with E-state index in [1.165, 1.54) is 26.2 Å². The third kappa shape index (κ3) is 3.66. The molecule has 2 rings (SSSR count). The van der Waals surface area contributed by atoms with Gasteiger partial charge in [0, 0.05) is 6.08 Å². The fourth-order valence-corrected chi connectivity index (χ4v) is 1.94. The average Bonchev–Trinajstić information content (AvgIpc) is 2.46. The highest BCUT2D eigenvalue weighted by molar-refractivity contribution is 5.95. The zero-order valence-corrected chi connectivity index (χ0v) is 13.0. The number of carbonyl (C=O) groups excluding carboxylic acids is 1. The third-order valence-corrected chi connectivity index (χ3v) is 3.34. The number of rotatable bonds is 4. The van der Waals surface area contributed by atoms with E-state index in [0.29, 0.717) is 11.0 Å². The average molecular weight is 315 g/mol. The van der Waals surface area contributed by atoms with Crippen LogP contribution in [-0.4, -0.2) is 22.5 Å². The van der Waals surface area contributed by atoms with Crippen LogP contribution in [0.2, 0.25) is 0 Å². The summed E-state index contributed by atoms with van der Waals surface area (Å²) in [6.45, 7) is 4.60. The highest BCUT2D eigenvalue weighted by Gasteiger charge is 2.27. The first-order valence-corrected chi connectivity index (χ1v) is 6.96. The van der Waals surface area contributed by atoms with Crippen LogP contribution < -0.4 is 10.7 Å². The predicted molar refractivity (Wildman–Crippen MR) is 86.1 cm³/mol. The summed E-state index contributed by atoms with van der Waals surface area (Å²) in [7, 11) is 0. The molecule has 2 N–H and O–H groups in total. The monoisotopic (exact) mass is 315 g/mol. The molecule has 0 saturated heterocycles. The second-order valence-electron chi connectivity index (χ2n) is 5.77. The van der Waals surface area contributed by atoms with Crippen molar-refractivity contribution in [1.82, 2.24) is 5.32 Å². The van der Waals surface area contributed by atoms with Gasteiger partial charge in [-0.3, -0.25) is 9.59 Å². The fourth-order valence-electron chi connectivity index (χ4n) is 1.94. The minimum absolute atomic E-state index is 0.214. The van der Waals surface area contributed by atoms with Gasteiger partial charge in [-0.25, -0.2) is 4.79 Å². The summed E-state index contributed by atoms with van der Waals surface area (Å²) in [5, 5.41) is 11.7. The highest BCUT2D eigenvalue weighted by Crippen LogP contribution is 2.13. The number of aliphatic carboxylic acids is 1. The Hall–Kier alpha value is -2.89. The number of hydrogen-bond acceptors (Lipinski definition) is 4. The minimum atomic E-state index is -1.40. The molecule has 23 heavy (non-hydrogen) atoms. The molecule has 0 aliphatic rings. The number of nitrogens with one attached hydrogen (secondary N) is 1. The lowest BCUT2D eigenvalue weighted by molar-refractivity contribution is -0.145. The van der Waals surface area contributed by atoms with Gasteiger partial charge >= 0.3 is 5.97 Å². The zero-order valence-electron chi connectivity index (χ0n) is 13.0. The second kappa shape index (κ2) is 6.08. The molecule has 0 atom stereocenters. The van der Waals surface area contributed by atoms with Gasteiger partial charge in [0.05, 0.1) is 10.9 Å². The Kier molecular flexibility index (Phi) is 4.36. The van der Waals surface area contributed by atoms with Crippen LogP contribution in [0.25, 0.3) is 17.0 Å². The molecule has 1 aromatic carbocycles. The van der Waals surface area contributed by atoms with Gasteiger partial charge in [-0.05, 0) is 39.0 Å². The van der Waals surface area contributed by atoms with Crippen molar-refractivity contribution < 1.29 is 19.1 Å². The first-order chi connectivity index (χ1) is 10.7. The Morgan fingerprint density at radius 1 is 1.30 bits per heavy atom. The van der Waals surface area contributed by atoms with Crippen LogP contribution in [0, 0.1) is 6.92 Å². The molecule has 1 heterocycles. The molecule has 6 nitrogen and oxygen atoms in total. The van der Waals surface area contributed by atoms with Gasteiger partial charge < -0.3 is 14.8 Å². The maximum absolute atomic E-state index is 12.3. The summed E-state index contributed by atoms with van der Waals surface area (Å²) in [6.07, 6.45) is 3.69. The van der Waals surface area contributed by atoms with E-state index in [1.54, 1.807) is 12.1 Å². The number of fused-ring (bicyclic) bond motifs is 1. The number of carboxylic acids is 1. The number of hydrogen-bond donors (Lipinski definition) is 2. The predicted octanol–water partition coefficient (Wildman–Crippen LogP) is 2.09. The molecule has 1 amide bonds. The van der Waals surface area contributed by atoms with Gasteiger partial charge in [0.25, 0.3) is 0 Å². The third-order valence-electron chi connectivity index (χ3n) is 3.34. The summed E-state index contributed by atoms with van der Waals surface area (Å²) in [5.41, 5.74) is -0.0453. The lowest BCUT2D eigenvalue weighted by Gasteiger charge is -2.19. The lowest BCUT2D eigenvalue weighted by atomic mass is 10.1. The van der Waals surface area contributed by atoms with E-state index < -0.39 is 17.4 Å². The zero-order chi connectivity index (χ0) is 17.2. The molecule has 6 heteroatoms. The molecule has 0 aliphatic carbocycles. The van der Waals surface area contributed by atoms with E-state index in [2.05, 4.69) is 5.32 Å². The van der Waals surface area contributed by atoms with Crippen molar-refractivity contribution in [1.29, 1.82) is 0 Å². The van der Waals surface area contributed by atoms with Crippen molar-refractivity contribution in [3.63, 3.8) is 0 Å². The van der Waals surface area contributed by atoms with Crippen LogP contribution >= 0.6 is 0 Å². The van der Waals surface area contributed by atoms with Crippen molar-refractivity contribution in [2.24, 2.45) is 0 Å². The standard InChI is InChI=1S/C17H17NO5/c1-10-4-6-13-12(8-10)15(20)11(9-23-13)5-7-14(19)18-17(2,3)16(21)22/h4-9H,1-3H3,(H,18,19)(H,21,22)/b7-5+. The number of carbonyl (C=O) groups is 2. The lowest BCUT2D eigenvalue weighted by Crippen LogP contribution is -2.49. The summed E-state index contributed by atoms with van der Waals surface area (Å²) in [4.78, 5) is 35.1. The molecule has 0 fully saturated rings. The van der Waals surface area contributed by atoms with Crippen LogP contribution in [0.3, 0.4) is 0 Å². The molecule has 0 spiro atoms. The molecular formula is C17H17NO5. The Bertz CT molecular complexity index is 861. The van der Waals surface area contributed by atoms with Gasteiger partial charge in [-0.15, -0.1) is 0 Å². The van der Waals surface area contributed by atoms with E-state index in [4.69, 9.17) is 9.52 Å².